The molecule has 1 amide bonds. The van der Waals surface area contributed by atoms with E-state index >= 15 is 0 Å². The van der Waals surface area contributed by atoms with Gasteiger partial charge in [0, 0.05) is 11.6 Å². The number of hydrazone groups is 1. The minimum absolute atomic E-state index is 0.0537. The van der Waals surface area contributed by atoms with E-state index in [4.69, 9.17) is 4.74 Å². The van der Waals surface area contributed by atoms with Gasteiger partial charge in [0.1, 0.15) is 12.4 Å². The first-order chi connectivity index (χ1) is 16.6. The standard InChI is InChI=1S/C23H21FN4O6S/c1-16-7-10-18(11-8-16)35(32,33)27(20-6-4-3-5-19(20)24)15-23(29)26-25-14-17-9-12-22(34-2)21(13-17)28(30)31/h3-14H,15H2,1-2H3,(H,26,29)/b25-14+. The van der Waals surface area contributed by atoms with Gasteiger partial charge in [0.15, 0.2) is 5.75 Å². The summed E-state index contributed by atoms with van der Waals surface area (Å²) in [6.07, 6.45) is 1.15. The fraction of sp³-hybridized carbons (Fsp3) is 0.130. The van der Waals surface area contributed by atoms with Gasteiger partial charge in [-0.1, -0.05) is 29.8 Å². The van der Waals surface area contributed by atoms with Gasteiger partial charge in [-0.05, 0) is 43.3 Å². The van der Waals surface area contributed by atoms with Crippen molar-refractivity contribution < 1.29 is 27.3 Å². The fourth-order valence-electron chi connectivity index (χ4n) is 3.07. The van der Waals surface area contributed by atoms with E-state index in [1.54, 1.807) is 19.1 Å². The van der Waals surface area contributed by atoms with Crippen molar-refractivity contribution in [1.29, 1.82) is 0 Å². The van der Waals surface area contributed by atoms with E-state index in [2.05, 4.69) is 10.5 Å². The number of methoxy groups -OCH3 is 1. The number of hydrogen-bond acceptors (Lipinski definition) is 7. The van der Waals surface area contributed by atoms with Crippen LogP contribution in [-0.2, 0) is 14.8 Å². The van der Waals surface area contributed by atoms with Crippen molar-refractivity contribution in [2.24, 2.45) is 5.10 Å². The lowest BCUT2D eigenvalue weighted by atomic mass is 10.2. The van der Waals surface area contributed by atoms with Crippen molar-refractivity contribution in [3.05, 3.63) is 93.8 Å². The zero-order valence-corrected chi connectivity index (χ0v) is 19.5. The Balaban J connectivity index is 1.84. The zero-order chi connectivity index (χ0) is 25.6. The lowest BCUT2D eigenvalue weighted by molar-refractivity contribution is -0.385. The van der Waals surface area contributed by atoms with Gasteiger partial charge in [-0.15, -0.1) is 0 Å². The van der Waals surface area contributed by atoms with Gasteiger partial charge in [-0.2, -0.15) is 5.10 Å². The molecule has 0 spiro atoms. The van der Waals surface area contributed by atoms with Crippen molar-refractivity contribution in [3.8, 4) is 5.75 Å². The van der Waals surface area contributed by atoms with E-state index in [0.29, 0.717) is 4.31 Å². The number of hydrogen-bond donors (Lipinski definition) is 1. The average Bonchev–Trinajstić information content (AvgIpc) is 2.83. The van der Waals surface area contributed by atoms with E-state index in [1.165, 1.54) is 55.6 Å². The maximum Gasteiger partial charge on any atom is 0.311 e. The number of para-hydroxylation sites is 1. The highest BCUT2D eigenvalue weighted by molar-refractivity contribution is 7.92. The Hall–Kier alpha value is -4.32. The summed E-state index contributed by atoms with van der Waals surface area (Å²) in [4.78, 5) is 23.0. The van der Waals surface area contributed by atoms with Crippen LogP contribution in [0.1, 0.15) is 11.1 Å². The normalized spacial score (nSPS) is 11.3. The van der Waals surface area contributed by atoms with Crippen LogP contribution in [0.3, 0.4) is 0 Å². The molecule has 3 aromatic carbocycles. The van der Waals surface area contributed by atoms with Gasteiger partial charge < -0.3 is 4.74 Å². The van der Waals surface area contributed by atoms with Gasteiger partial charge in [0.25, 0.3) is 15.9 Å². The molecule has 35 heavy (non-hydrogen) atoms. The molecule has 0 unspecified atom stereocenters. The number of carbonyl (C=O) groups excluding carboxylic acids is 1. The Bertz CT molecular complexity index is 1380. The molecular formula is C23H21FN4O6S. The Kier molecular flexibility index (Phi) is 7.76. The second kappa shape index (κ2) is 10.7. The van der Waals surface area contributed by atoms with Crippen molar-refractivity contribution in [3.63, 3.8) is 0 Å². The van der Waals surface area contributed by atoms with Gasteiger partial charge in [-0.25, -0.2) is 18.2 Å². The van der Waals surface area contributed by atoms with Crippen LogP contribution in [0.4, 0.5) is 15.8 Å². The average molecular weight is 501 g/mol. The lowest BCUT2D eigenvalue weighted by Crippen LogP contribution is -2.40. The zero-order valence-electron chi connectivity index (χ0n) is 18.7. The molecule has 0 radical (unpaired) electrons. The van der Waals surface area contributed by atoms with Crippen LogP contribution >= 0.6 is 0 Å². The molecule has 1 N–H and O–H groups in total. The van der Waals surface area contributed by atoms with E-state index in [1.807, 2.05) is 0 Å². The maximum atomic E-state index is 14.5. The summed E-state index contributed by atoms with van der Waals surface area (Å²) < 4.78 is 46.6. The second-order valence-electron chi connectivity index (χ2n) is 7.26. The van der Waals surface area contributed by atoms with Crippen LogP contribution in [0.15, 0.2) is 76.7 Å². The van der Waals surface area contributed by atoms with Crippen LogP contribution in [0.5, 0.6) is 5.75 Å². The Morgan fingerprint density at radius 1 is 1.17 bits per heavy atom. The minimum Gasteiger partial charge on any atom is -0.490 e. The first-order valence-electron chi connectivity index (χ1n) is 10.1. The first-order valence-corrected chi connectivity index (χ1v) is 11.6. The van der Waals surface area contributed by atoms with Crippen LogP contribution in [0.2, 0.25) is 0 Å². The molecule has 0 fully saturated rings. The van der Waals surface area contributed by atoms with Crippen LogP contribution in [0, 0.1) is 22.9 Å². The predicted octanol–water partition coefficient (Wildman–Crippen LogP) is 3.40. The molecule has 0 heterocycles. The molecule has 0 aliphatic rings. The summed E-state index contributed by atoms with van der Waals surface area (Å²) in [7, 11) is -3.00. The van der Waals surface area contributed by atoms with E-state index in [9.17, 15) is 27.7 Å². The molecular weight excluding hydrogens is 479 g/mol. The van der Waals surface area contributed by atoms with Crippen molar-refractivity contribution in [2.45, 2.75) is 11.8 Å². The molecule has 0 bridgehead atoms. The molecule has 12 heteroatoms. The van der Waals surface area contributed by atoms with Gasteiger partial charge >= 0.3 is 5.69 Å². The lowest BCUT2D eigenvalue weighted by Gasteiger charge is -2.24. The number of anilines is 1. The number of nitrogens with one attached hydrogen (secondary N) is 1. The highest BCUT2D eigenvalue weighted by Gasteiger charge is 2.29. The quantitative estimate of drug-likeness (QED) is 0.272. The van der Waals surface area contributed by atoms with Crippen molar-refractivity contribution in [2.75, 3.05) is 18.0 Å². The highest BCUT2D eigenvalue weighted by Crippen LogP contribution is 2.27. The van der Waals surface area contributed by atoms with Crippen LogP contribution in [-0.4, -0.2) is 39.1 Å². The Morgan fingerprint density at radius 2 is 1.86 bits per heavy atom. The summed E-state index contributed by atoms with van der Waals surface area (Å²) in [6.45, 7) is 1.02. The third kappa shape index (κ3) is 5.98. The van der Waals surface area contributed by atoms with E-state index in [0.717, 1.165) is 17.8 Å². The summed E-state index contributed by atoms with van der Waals surface area (Å²) in [6, 6.07) is 15.1. The first kappa shape index (κ1) is 25.3. The Morgan fingerprint density at radius 3 is 2.49 bits per heavy atom. The third-order valence-electron chi connectivity index (χ3n) is 4.82. The maximum absolute atomic E-state index is 14.5. The number of sulfonamides is 1. The van der Waals surface area contributed by atoms with Crippen LogP contribution in [0.25, 0.3) is 0 Å². The highest BCUT2D eigenvalue weighted by atomic mass is 32.2. The number of amides is 1. The molecule has 0 aliphatic heterocycles. The Labute approximate surface area is 200 Å². The number of rotatable bonds is 9. The predicted molar refractivity (Wildman–Crippen MR) is 127 cm³/mol. The van der Waals surface area contributed by atoms with Gasteiger partial charge in [0.05, 0.1) is 28.8 Å². The number of nitrogens with zero attached hydrogens (tertiary/aromatic N) is 3. The smallest absolute Gasteiger partial charge is 0.311 e. The molecule has 3 rings (SSSR count). The van der Waals surface area contributed by atoms with Crippen LogP contribution < -0.4 is 14.5 Å². The number of aryl methyl sites for hydroxylation is 1. The molecule has 182 valence electrons. The SMILES string of the molecule is COc1ccc(/C=N/NC(=O)CN(c2ccccc2F)S(=O)(=O)c2ccc(C)cc2)cc1[N+](=O)[O-]. The van der Waals surface area contributed by atoms with E-state index in [-0.39, 0.29) is 27.6 Å². The van der Waals surface area contributed by atoms with Gasteiger partial charge in [-0.3, -0.25) is 19.2 Å². The number of ether oxygens (including phenoxy) is 1. The number of carbonyl (C=O) groups is 1. The summed E-state index contributed by atoms with van der Waals surface area (Å²) in [5.41, 5.74) is 2.67. The van der Waals surface area contributed by atoms with E-state index < -0.39 is 33.2 Å². The summed E-state index contributed by atoms with van der Waals surface area (Å²) >= 11 is 0. The summed E-state index contributed by atoms with van der Waals surface area (Å²) in [5, 5.41) is 14.9. The second-order valence-corrected chi connectivity index (χ2v) is 9.12. The molecule has 0 saturated heterocycles. The molecule has 3 aromatic rings. The van der Waals surface area contributed by atoms with Gasteiger partial charge in [0.2, 0.25) is 0 Å². The number of benzene rings is 3. The van der Waals surface area contributed by atoms with Crippen molar-refractivity contribution in [1.82, 2.24) is 5.43 Å². The largest absolute Gasteiger partial charge is 0.490 e. The number of halogens is 1. The monoisotopic (exact) mass is 500 g/mol. The minimum atomic E-state index is -4.30. The molecule has 0 aliphatic carbocycles. The molecule has 0 atom stereocenters. The van der Waals surface area contributed by atoms with Crippen molar-refractivity contribution >= 4 is 33.5 Å². The fourth-order valence-corrected chi connectivity index (χ4v) is 4.49. The number of nitro groups is 1. The molecule has 0 saturated carbocycles. The molecule has 0 aromatic heterocycles. The summed E-state index contributed by atoms with van der Waals surface area (Å²) in [5.74, 6) is -1.63. The topological polar surface area (TPSA) is 131 Å². The third-order valence-corrected chi connectivity index (χ3v) is 6.59. The number of nitro benzene ring substituents is 1. The molecule has 10 nitrogen and oxygen atoms in total.